The molecule has 10 heteroatoms. The summed E-state index contributed by atoms with van der Waals surface area (Å²) in [6.07, 6.45) is -3.49. The Kier molecular flexibility index (Phi) is 12.7. The Morgan fingerprint density at radius 2 is 1.57 bits per heavy atom. The smallest absolute Gasteiger partial charge is 0.310 e. The Morgan fingerprint density at radius 1 is 0.909 bits per heavy atom. The molecule has 244 valence electrons. The van der Waals surface area contributed by atoms with Crippen molar-refractivity contribution >= 4 is 27.4 Å². The fraction of sp³-hybridized carbons (Fsp3) is 0.559. The van der Waals surface area contributed by atoms with E-state index in [1.807, 2.05) is 32.0 Å². The van der Waals surface area contributed by atoms with Crippen molar-refractivity contribution in [2.75, 3.05) is 13.2 Å². The number of fused-ring (bicyclic) bond motifs is 1. The number of carbonyl (C=O) groups excluding carboxylic acids is 1. The molecule has 44 heavy (non-hydrogen) atoms. The van der Waals surface area contributed by atoms with E-state index in [4.69, 9.17) is 20.9 Å². The van der Waals surface area contributed by atoms with Crippen molar-refractivity contribution < 1.29 is 34.7 Å². The molecule has 0 bridgehead atoms. The van der Waals surface area contributed by atoms with E-state index in [1.54, 1.807) is 25.2 Å². The number of hydrogen-bond donors (Lipinski definition) is 6. The van der Waals surface area contributed by atoms with Crippen LogP contribution >= 0.6 is 11.3 Å². The number of rotatable bonds is 17. The minimum absolute atomic E-state index is 0.0421. The van der Waals surface area contributed by atoms with E-state index in [-0.39, 0.29) is 26.1 Å². The molecule has 0 spiro atoms. The molecular formula is C34H50N2O7S. The van der Waals surface area contributed by atoms with E-state index >= 15 is 0 Å². The largest absolute Gasteiger partial charge is 0.491 e. The first-order chi connectivity index (χ1) is 20.6. The summed E-state index contributed by atoms with van der Waals surface area (Å²) in [4.78, 5) is 13.8. The number of nitrogens with two attached hydrogens (primary N) is 2. The molecule has 3 rings (SSSR count). The molecule has 2 aromatic carbocycles. The number of aliphatic hydroxyl groups excluding tert-OH is 4. The number of benzene rings is 2. The van der Waals surface area contributed by atoms with Gasteiger partial charge in [0.2, 0.25) is 0 Å². The van der Waals surface area contributed by atoms with Gasteiger partial charge >= 0.3 is 5.97 Å². The first-order valence-electron chi connectivity index (χ1n) is 15.3. The van der Waals surface area contributed by atoms with Gasteiger partial charge in [-0.2, -0.15) is 0 Å². The second-order valence-corrected chi connectivity index (χ2v) is 14.1. The number of aryl methyl sites for hydroxylation is 1. The maximum absolute atomic E-state index is 12.6. The van der Waals surface area contributed by atoms with Gasteiger partial charge in [0, 0.05) is 27.1 Å². The Hall–Kier alpha value is -2.57. The highest BCUT2D eigenvalue weighted by atomic mass is 32.1. The summed E-state index contributed by atoms with van der Waals surface area (Å²) in [5, 5.41) is 42.7. The summed E-state index contributed by atoms with van der Waals surface area (Å²) >= 11 is 1.65. The summed E-state index contributed by atoms with van der Waals surface area (Å²) in [6, 6.07) is 16.3. The number of carbonyl (C=O) groups is 1. The standard InChI is InChI=1S/C34H50N2O7S/c1-6-21-9-11-22(12-10-21)30-16-23-13-14-24(17-31(23)44-30)43-20-29(40)28(39)18-27(38)26(37)8-7-15-42-32(41)25(34(4,5)36)19-33(2,3)35/h9-14,16-17,25-29,37-40H,6-8,15,18-20,35-36H2,1-5H3. The zero-order valence-corrected chi connectivity index (χ0v) is 27.3. The second-order valence-electron chi connectivity index (χ2n) is 13.1. The molecule has 0 aliphatic rings. The van der Waals surface area contributed by atoms with Gasteiger partial charge in [0.15, 0.2) is 0 Å². The number of ether oxygens (including phenoxy) is 2. The second kappa shape index (κ2) is 15.6. The van der Waals surface area contributed by atoms with E-state index in [1.165, 1.54) is 5.56 Å². The van der Waals surface area contributed by atoms with Crippen LogP contribution in [0.15, 0.2) is 48.5 Å². The maximum Gasteiger partial charge on any atom is 0.310 e. The van der Waals surface area contributed by atoms with Crippen molar-refractivity contribution in [1.29, 1.82) is 0 Å². The molecule has 9 nitrogen and oxygen atoms in total. The Balaban J connectivity index is 1.43. The van der Waals surface area contributed by atoms with Crippen LogP contribution in [0, 0.1) is 5.92 Å². The van der Waals surface area contributed by atoms with Crippen molar-refractivity contribution in [1.82, 2.24) is 0 Å². The van der Waals surface area contributed by atoms with E-state index in [2.05, 4.69) is 37.3 Å². The molecule has 0 amide bonds. The summed E-state index contributed by atoms with van der Waals surface area (Å²) in [6.45, 7) is 9.14. The van der Waals surface area contributed by atoms with Gasteiger partial charge in [-0.05, 0) is 94.2 Å². The third-order valence-electron chi connectivity index (χ3n) is 7.73. The van der Waals surface area contributed by atoms with E-state index < -0.39 is 47.4 Å². The van der Waals surface area contributed by atoms with Crippen molar-refractivity contribution in [3.8, 4) is 16.2 Å². The van der Waals surface area contributed by atoms with Gasteiger partial charge in [-0.15, -0.1) is 11.3 Å². The Labute approximate surface area is 264 Å². The predicted molar refractivity (Wildman–Crippen MR) is 176 cm³/mol. The lowest BCUT2D eigenvalue weighted by molar-refractivity contribution is -0.151. The van der Waals surface area contributed by atoms with Crippen LogP contribution in [0.1, 0.15) is 65.9 Å². The van der Waals surface area contributed by atoms with E-state index in [0.29, 0.717) is 18.6 Å². The van der Waals surface area contributed by atoms with Crippen LogP contribution < -0.4 is 16.2 Å². The minimum atomic E-state index is -1.31. The Morgan fingerprint density at radius 3 is 2.18 bits per heavy atom. The van der Waals surface area contributed by atoms with Crippen molar-refractivity contribution in [2.24, 2.45) is 17.4 Å². The summed E-state index contributed by atoms with van der Waals surface area (Å²) in [5.41, 5.74) is 13.3. The van der Waals surface area contributed by atoms with Crippen LogP contribution in [0.4, 0.5) is 0 Å². The summed E-state index contributed by atoms with van der Waals surface area (Å²) < 4.78 is 12.2. The van der Waals surface area contributed by atoms with Gasteiger partial charge in [-0.25, -0.2) is 0 Å². The third-order valence-corrected chi connectivity index (χ3v) is 8.88. The lowest BCUT2D eigenvalue weighted by atomic mass is 9.80. The quantitative estimate of drug-likeness (QED) is 0.0948. The van der Waals surface area contributed by atoms with Crippen molar-refractivity contribution in [2.45, 2.75) is 102 Å². The average Bonchev–Trinajstić information content (AvgIpc) is 3.39. The molecule has 5 atom stereocenters. The van der Waals surface area contributed by atoms with Gasteiger partial charge in [0.25, 0.3) is 0 Å². The normalized spacial score (nSPS) is 15.9. The van der Waals surface area contributed by atoms with Gasteiger partial charge in [0.1, 0.15) is 18.5 Å². The van der Waals surface area contributed by atoms with Crippen LogP contribution in [-0.4, -0.2) is 75.1 Å². The third kappa shape index (κ3) is 10.8. The van der Waals surface area contributed by atoms with Crippen LogP contribution in [-0.2, 0) is 16.0 Å². The molecule has 0 aliphatic carbocycles. The highest BCUT2D eigenvalue weighted by Gasteiger charge is 2.36. The van der Waals surface area contributed by atoms with Gasteiger partial charge in [0.05, 0.1) is 30.8 Å². The zero-order chi connectivity index (χ0) is 32.7. The molecule has 0 fully saturated rings. The molecular weight excluding hydrogens is 580 g/mol. The molecule has 0 saturated heterocycles. The van der Waals surface area contributed by atoms with Gasteiger partial charge in [-0.1, -0.05) is 31.2 Å². The number of aliphatic hydroxyl groups is 4. The van der Waals surface area contributed by atoms with E-state index in [0.717, 1.165) is 26.9 Å². The van der Waals surface area contributed by atoms with Gasteiger partial charge < -0.3 is 41.4 Å². The molecule has 3 aromatic rings. The summed E-state index contributed by atoms with van der Waals surface area (Å²) in [7, 11) is 0. The highest BCUT2D eigenvalue weighted by molar-refractivity contribution is 7.22. The van der Waals surface area contributed by atoms with Crippen molar-refractivity contribution in [3.63, 3.8) is 0 Å². The molecule has 0 radical (unpaired) electrons. The van der Waals surface area contributed by atoms with Crippen molar-refractivity contribution in [3.05, 3.63) is 54.1 Å². The first kappa shape index (κ1) is 35.9. The molecule has 8 N–H and O–H groups in total. The maximum atomic E-state index is 12.6. The lowest BCUT2D eigenvalue weighted by Gasteiger charge is -2.33. The van der Waals surface area contributed by atoms with E-state index in [9.17, 15) is 25.2 Å². The molecule has 1 aromatic heterocycles. The van der Waals surface area contributed by atoms with Crippen LogP contribution in [0.25, 0.3) is 20.5 Å². The fourth-order valence-corrected chi connectivity index (χ4v) is 6.03. The SMILES string of the molecule is CCc1ccc(-c2cc3ccc(OCC(O)C(O)CC(O)C(O)CCCOC(=O)C(CC(C)(C)N)C(C)(C)N)cc3s2)cc1. The summed E-state index contributed by atoms with van der Waals surface area (Å²) in [5.74, 6) is -0.487. The Bertz CT molecular complexity index is 1330. The van der Waals surface area contributed by atoms with Crippen LogP contribution in [0.5, 0.6) is 5.75 Å². The van der Waals surface area contributed by atoms with Gasteiger partial charge in [-0.3, -0.25) is 4.79 Å². The molecule has 0 saturated carbocycles. The highest BCUT2D eigenvalue weighted by Crippen LogP contribution is 2.35. The fourth-order valence-electron chi connectivity index (χ4n) is 4.94. The minimum Gasteiger partial charge on any atom is -0.491 e. The molecule has 5 unspecified atom stereocenters. The number of thiophene rings is 1. The van der Waals surface area contributed by atoms with Crippen LogP contribution in [0.3, 0.4) is 0 Å². The number of hydrogen-bond acceptors (Lipinski definition) is 10. The average molecular weight is 631 g/mol. The lowest BCUT2D eigenvalue weighted by Crippen LogP contribution is -2.50. The topological polar surface area (TPSA) is 168 Å². The predicted octanol–water partition coefficient (Wildman–Crippen LogP) is 4.15. The monoisotopic (exact) mass is 630 g/mol. The molecule has 1 heterocycles. The molecule has 0 aliphatic heterocycles. The zero-order valence-electron chi connectivity index (χ0n) is 26.5. The first-order valence-corrected chi connectivity index (χ1v) is 16.1. The number of esters is 1. The van der Waals surface area contributed by atoms with Crippen LogP contribution in [0.2, 0.25) is 0 Å².